The molecule has 0 spiro atoms. The van der Waals surface area contributed by atoms with Gasteiger partial charge in [0.1, 0.15) is 5.60 Å². The molecule has 1 N–H and O–H groups in total. The number of allylic oxidation sites excluding steroid dienone is 1. The Balaban J connectivity index is 1.47. The van der Waals surface area contributed by atoms with Gasteiger partial charge in [0.05, 0.1) is 11.7 Å². The molecule has 3 fully saturated rings. The molecule has 4 heteroatoms. The molecule has 28 heavy (non-hydrogen) atoms. The monoisotopic (exact) mass is 380 g/mol. The molecule has 2 bridgehead atoms. The summed E-state index contributed by atoms with van der Waals surface area (Å²) >= 11 is 0. The Morgan fingerprint density at radius 1 is 1.25 bits per heavy atom. The van der Waals surface area contributed by atoms with E-state index in [0.717, 1.165) is 31.2 Å². The van der Waals surface area contributed by atoms with E-state index in [0.29, 0.717) is 12.3 Å². The molecule has 5 atom stereocenters. The number of fused-ring (bicyclic) bond motifs is 4. The molecule has 1 aromatic rings. The van der Waals surface area contributed by atoms with Crippen molar-refractivity contribution in [3.8, 4) is 0 Å². The van der Waals surface area contributed by atoms with Crippen LogP contribution in [-0.4, -0.2) is 34.5 Å². The smallest absolute Gasteiger partial charge is 0.331 e. The van der Waals surface area contributed by atoms with Gasteiger partial charge >= 0.3 is 5.97 Å². The number of rotatable bonds is 4. The van der Waals surface area contributed by atoms with Crippen LogP contribution in [0.1, 0.15) is 51.5 Å². The molecule has 2 aliphatic heterocycles. The summed E-state index contributed by atoms with van der Waals surface area (Å²) in [5, 5.41) is 10.9. The van der Waals surface area contributed by atoms with Crippen LogP contribution in [0, 0.1) is 11.8 Å². The third-order valence-corrected chi connectivity index (χ3v) is 7.39. The number of aliphatic hydroxyl groups excluding tert-OH is 1. The van der Waals surface area contributed by atoms with Crippen molar-refractivity contribution in [1.29, 1.82) is 0 Å². The van der Waals surface area contributed by atoms with Gasteiger partial charge in [-0.05, 0) is 62.7 Å². The lowest BCUT2D eigenvalue weighted by molar-refractivity contribution is -0.214. The second-order valence-electron chi connectivity index (χ2n) is 9.12. The number of ether oxygens (including phenoxy) is 2. The van der Waals surface area contributed by atoms with Crippen molar-refractivity contribution < 1.29 is 19.4 Å². The molecule has 4 aliphatic rings. The fourth-order valence-corrected chi connectivity index (χ4v) is 5.79. The number of hydrogen-bond donors (Lipinski definition) is 1. The highest BCUT2D eigenvalue weighted by Gasteiger charge is 2.71. The molecule has 1 aromatic carbocycles. The van der Waals surface area contributed by atoms with E-state index in [4.69, 9.17) is 9.47 Å². The van der Waals surface area contributed by atoms with Crippen LogP contribution >= 0.6 is 0 Å². The summed E-state index contributed by atoms with van der Waals surface area (Å²) in [6.45, 7) is 4.20. The van der Waals surface area contributed by atoms with E-state index in [2.05, 4.69) is 13.8 Å². The van der Waals surface area contributed by atoms with Crippen molar-refractivity contribution in [2.24, 2.45) is 11.8 Å². The molecular weight excluding hydrogens is 352 g/mol. The lowest BCUT2D eigenvalue weighted by atomic mass is 9.76. The molecular formula is C24H28O4. The van der Waals surface area contributed by atoms with Gasteiger partial charge in [-0.2, -0.15) is 0 Å². The molecule has 0 unspecified atom stereocenters. The average Bonchev–Trinajstić information content (AvgIpc) is 3.42. The standard InChI is InChI=1S/C24H28O4/c1-15-8-12-18-21(15)22(27-20(26)13-9-16-6-4-3-5-7-16)24(17-10-11-17)14-19(25)23(18,2)28-24/h3-7,9,13,17-19,22,25H,8,10-12,14H2,1-2H3/t18-,19-,22+,23+,24-/m1/s1. The number of carbonyl (C=O) groups is 1. The first-order valence-electron chi connectivity index (χ1n) is 10.5. The third-order valence-electron chi connectivity index (χ3n) is 7.39. The van der Waals surface area contributed by atoms with E-state index in [1.165, 1.54) is 17.2 Å². The topological polar surface area (TPSA) is 55.8 Å². The highest BCUT2D eigenvalue weighted by molar-refractivity contribution is 5.87. The fraction of sp³-hybridized carbons (Fsp3) is 0.542. The number of carbonyl (C=O) groups excluding carboxylic acids is 1. The van der Waals surface area contributed by atoms with Gasteiger partial charge in [0, 0.05) is 18.4 Å². The highest BCUT2D eigenvalue weighted by atomic mass is 16.6. The zero-order valence-corrected chi connectivity index (χ0v) is 16.6. The van der Waals surface area contributed by atoms with Gasteiger partial charge in [-0.25, -0.2) is 4.79 Å². The summed E-state index contributed by atoms with van der Waals surface area (Å²) in [6.07, 6.45) is 7.06. The first-order valence-corrected chi connectivity index (χ1v) is 10.5. The van der Waals surface area contributed by atoms with Crippen LogP contribution in [0.3, 0.4) is 0 Å². The van der Waals surface area contributed by atoms with Crippen LogP contribution in [0.25, 0.3) is 6.08 Å². The van der Waals surface area contributed by atoms with Crippen molar-refractivity contribution in [1.82, 2.24) is 0 Å². The molecule has 148 valence electrons. The van der Waals surface area contributed by atoms with Crippen molar-refractivity contribution in [3.05, 3.63) is 53.1 Å². The van der Waals surface area contributed by atoms with Crippen LogP contribution in [0.4, 0.5) is 0 Å². The van der Waals surface area contributed by atoms with Crippen LogP contribution in [0.15, 0.2) is 47.6 Å². The zero-order chi connectivity index (χ0) is 19.5. The number of esters is 1. The summed E-state index contributed by atoms with van der Waals surface area (Å²) in [5.74, 6) is 0.155. The van der Waals surface area contributed by atoms with E-state index in [9.17, 15) is 9.90 Å². The van der Waals surface area contributed by atoms with Gasteiger partial charge in [-0.15, -0.1) is 0 Å². The van der Waals surface area contributed by atoms with E-state index < -0.39 is 17.3 Å². The first kappa shape index (κ1) is 18.1. The van der Waals surface area contributed by atoms with Gasteiger partial charge in [-0.1, -0.05) is 35.9 Å². The fourth-order valence-electron chi connectivity index (χ4n) is 5.79. The van der Waals surface area contributed by atoms with Crippen molar-refractivity contribution >= 4 is 12.0 Å². The third kappa shape index (κ3) is 2.61. The number of benzene rings is 1. The Morgan fingerprint density at radius 3 is 2.71 bits per heavy atom. The Morgan fingerprint density at radius 2 is 2.00 bits per heavy atom. The van der Waals surface area contributed by atoms with Crippen molar-refractivity contribution in [2.75, 3.05) is 0 Å². The Bertz CT molecular complexity index is 853. The maximum absolute atomic E-state index is 12.8. The first-order chi connectivity index (χ1) is 13.4. The molecule has 0 amide bonds. The number of hydrogen-bond acceptors (Lipinski definition) is 4. The molecule has 4 nitrogen and oxygen atoms in total. The maximum atomic E-state index is 12.8. The molecule has 5 rings (SSSR count). The second kappa shape index (κ2) is 6.30. The Kier molecular flexibility index (Phi) is 4.08. The van der Waals surface area contributed by atoms with Crippen LogP contribution in [-0.2, 0) is 14.3 Å². The van der Waals surface area contributed by atoms with Gasteiger partial charge in [0.15, 0.2) is 6.10 Å². The summed E-state index contributed by atoms with van der Waals surface area (Å²) in [6, 6.07) is 9.75. The summed E-state index contributed by atoms with van der Waals surface area (Å²) in [4.78, 5) is 12.8. The van der Waals surface area contributed by atoms with E-state index >= 15 is 0 Å². The maximum Gasteiger partial charge on any atom is 0.331 e. The minimum atomic E-state index is -0.568. The lowest BCUT2D eigenvalue weighted by Crippen LogP contribution is -2.57. The van der Waals surface area contributed by atoms with Crippen LogP contribution < -0.4 is 0 Å². The van der Waals surface area contributed by atoms with Gasteiger partial charge in [0.2, 0.25) is 0 Å². The summed E-state index contributed by atoms with van der Waals surface area (Å²) in [7, 11) is 0. The Labute approximate surface area is 166 Å². The molecule has 2 heterocycles. The lowest BCUT2D eigenvalue weighted by Gasteiger charge is -2.48. The molecule has 1 saturated carbocycles. The highest BCUT2D eigenvalue weighted by Crippen LogP contribution is 2.64. The minimum Gasteiger partial charge on any atom is -0.452 e. The predicted octanol–water partition coefficient (Wildman–Crippen LogP) is 4.04. The quantitative estimate of drug-likeness (QED) is 0.487. The molecule has 0 aromatic heterocycles. The van der Waals surface area contributed by atoms with Crippen LogP contribution in [0.5, 0.6) is 0 Å². The largest absolute Gasteiger partial charge is 0.452 e. The van der Waals surface area contributed by atoms with Crippen molar-refractivity contribution in [3.63, 3.8) is 0 Å². The van der Waals surface area contributed by atoms with E-state index in [1.807, 2.05) is 30.3 Å². The normalized spacial score (nSPS) is 39.5. The van der Waals surface area contributed by atoms with Gasteiger partial charge in [-0.3, -0.25) is 0 Å². The van der Waals surface area contributed by atoms with Crippen molar-refractivity contribution in [2.45, 2.75) is 69.4 Å². The Hall–Kier alpha value is -1.91. The summed E-state index contributed by atoms with van der Waals surface area (Å²) in [5.41, 5.74) is 2.37. The summed E-state index contributed by atoms with van der Waals surface area (Å²) < 4.78 is 12.8. The van der Waals surface area contributed by atoms with E-state index in [-0.39, 0.29) is 18.0 Å². The predicted molar refractivity (Wildman–Crippen MR) is 106 cm³/mol. The van der Waals surface area contributed by atoms with Gasteiger partial charge < -0.3 is 14.6 Å². The number of aliphatic hydroxyl groups is 1. The van der Waals surface area contributed by atoms with E-state index in [1.54, 1.807) is 6.08 Å². The SMILES string of the molecule is CC1=C2[C@@H](CC1)[C@]1(C)O[C@@](C3CC3)(C[C@H]1O)[C@H]2OC(=O)C=Cc1ccccc1. The molecule has 2 saturated heterocycles. The van der Waals surface area contributed by atoms with Crippen LogP contribution in [0.2, 0.25) is 0 Å². The zero-order valence-electron chi connectivity index (χ0n) is 16.6. The minimum absolute atomic E-state index is 0.132. The van der Waals surface area contributed by atoms with Gasteiger partial charge in [0.25, 0.3) is 0 Å². The second-order valence-corrected chi connectivity index (χ2v) is 9.12. The average molecular weight is 380 g/mol. The molecule has 0 radical (unpaired) electrons. The molecule has 2 aliphatic carbocycles.